The third-order valence-electron chi connectivity index (χ3n) is 5.38. The van der Waals surface area contributed by atoms with Crippen LogP contribution in [0, 0.1) is 12.7 Å². The molecule has 2 amide bonds. The molecule has 0 aromatic heterocycles. The highest BCUT2D eigenvalue weighted by molar-refractivity contribution is 6.31. The molecule has 166 valence electrons. The summed E-state index contributed by atoms with van der Waals surface area (Å²) in [4.78, 5) is 27.9. The minimum Gasteiger partial charge on any atom is -0.357 e. The van der Waals surface area contributed by atoms with E-state index in [9.17, 15) is 14.0 Å². The third kappa shape index (κ3) is 5.95. The van der Waals surface area contributed by atoms with Gasteiger partial charge in [-0.1, -0.05) is 77.8 Å². The van der Waals surface area contributed by atoms with Gasteiger partial charge >= 0.3 is 0 Å². The molecule has 6 heteroatoms. The van der Waals surface area contributed by atoms with Gasteiger partial charge in [-0.25, -0.2) is 4.39 Å². The van der Waals surface area contributed by atoms with Crippen molar-refractivity contribution in [2.24, 2.45) is 0 Å². The molecule has 0 saturated carbocycles. The highest BCUT2D eigenvalue weighted by Crippen LogP contribution is 2.22. The summed E-state index contributed by atoms with van der Waals surface area (Å²) in [5.74, 6) is -1.20. The summed E-state index contributed by atoms with van der Waals surface area (Å²) < 4.78 is 14.4. The van der Waals surface area contributed by atoms with Gasteiger partial charge in [-0.15, -0.1) is 0 Å². The normalized spacial score (nSPS) is 11.6. The topological polar surface area (TPSA) is 49.4 Å². The summed E-state index contributed by atoms with van der Waals surface area (Å²) in [7, 11) is 1.54. The lowest BCUT2D eigenvalue weighted by Gasteiger charge is -2.31. The van der Waals surface area contributed by atoms with Crippen LogP contribution in [-0.4, -0.2) is 29.8 Å². The molecule has 0 aliphatic carbocycles. The lowest BCUT2D eigenvalue weighted by atomic mass is 10.0. The van der Waals surface area contributed by atoms with Crippen LogP contribution < -0.4 is 5.32 Å². The first kappa shape index (κ1) is 23.5. The Morgan fingerprint density at radius 2 is 1.66 bits per heavy atom. The molecule has 0 bridgehead atoms. The predicted octanol–water partition coefficient (Wildman–Crippen LogP) is 4.72. The molecular formula is C26H26ClFN2O2. The van der Waals surface area contributed by atoms with Gasteiger partial charge in [-0.05, 0) is 30.2 Å². The van der Waals surface area contributed by atoms with Crippen molar-refractivity contribution in [3.8, 4) is 0 Å². The second kappa shape index (κ2) is 10.9. The van der Waals surface area contributed by atoms with Gasteiger partial charge in [0.15, 0.2) is 0 Å². The SMILES string of the molecule is CNC(=O)[C@H](Cc1ccccc1)N(Cc1ccc(C)cc1)C(=O)Cc1c(F)cccc1Cl. The van der Waals surface area contributed by atoms with Crippen LogP contribution in [0.15, 0.2) is 72.8 Å². The van der Waals surface area contributed by atoms with Crippen molar-refractivity contribution < 1.29 is 14.0 Å². The number of carbonyl (C=O) groups is 2. The first-order valence-electron chi connectivity index (χ1n) is 10.4. The summed E-state index contributed by atoms with van der Waals surface area (Å²) in [5, 5.41) is 2.86. The predicted molar refractivity (Wildman–Crippen MR) is 125 cm³/mol. The Bertz CT molecular complexity index is 1050. The molecule has 0 radical (unpaired) electrons. The number of nitrogens with zero attached hydrogens (tertiary/aromatic N) is 1. The fourth-order valence-electron chi connectivity index (χ4n) is 3.56. The molecule has 1 N–H and O–H groups in total. The molecule has 0 aliphatic rings. The maximum atomic E-state index is 14.4. The average Bonchev–Trinajstić information content (AvgIpc) is 2.80. The summed E-state index contributed by atoms with van der Waals surface area (Å²) in [5.41, 5.74) is 3.03. The first-order chi connectivity index (χ1) is 15.4. The molecule has 32 heavy (non-hydrogen) atoms. The molecule has 1 atom stereocenters. The Morgan fingerprint density at radius 3 is 2.28 bits per heavy atom. The first-order valence-corrected chi connectivity index (χ1v) is 10.8. The summed E-state index contributed by atoms with van der Waals surface area (Å²) >= 11 is 6.17. The van der Waals surface area contributed by atoms with Crippen molar-refractivity contribution >= 4 is 23.4 Å². The fourth-order valence-corrected chi connectivity index (χ4v) is 3.79. The zero-order chi connectivity index (χ0) is 23.1. The molecule has 0 aliphatic heterocycles. The maximum absolute atomic E-state index is 14.4. The van der Waals surface area contributed by atoms with Crippen LogP contribution in [0.5, 0.6) is 0 Å². The maximum Gasteiger partial charge on any atom is 0.242 e. The van der Waals surface area contributed by atoms with Crippen molar-refractivity contribution in [3.63, 3.8) is 0 Å². The highest BCUT2D eigenvalue weighted by Gasteiger charge is 2.30. The Hall–Kier alpha value is -3.18. The molecule has 0 fully saturated rings. The molecule has 4 nitrogen and oxygen atoms in total. The van der Waals surface area contributed by atoms with Gasteiger partial charge in [0.05, 0.1) is 6.42 Å². The van der Waals surface area contributed by atoms with Crippen molar-refractivity contribution in [3.05, 3.63) is 106 Å². The van der Waals surface area contributed by atoms with E-state index in [4.69, 9.17) is 11.6 Å². The van der Waals surface area contributed by atoms with E-state index in [2.05, 4.69) is 5.32 Å². The molecule has 3 aromatic rings. The summed E-state index contributed by atoms with van der Waals surface area (Å²) in [6, 6.07) is 20.8. The molecule has 0 spiro atoms. The van der Waals surface area contributed by atoms with E-state index in [0.717, 1.165) is 16.7 Å². The van der Waals surface area contributed by atoms with Crippen LogP contribution in [0.25, 0.3) is 0 Å². The molecule has 3 aromatic carbocycles. The van der Waals surface area contributed by atoms with Crippen LogP contribution in [0.3, 0.4) is 0 Å². The number of benzene rings is 3. The van der Waals surface area contributed by atoms with Gasteiger partial charge in [-0.2, -0.15) is 0 Å². The number of rotatable bonds is 8. The van der Waals surface area contributed by atoms with E-state index in [1.165, 1.54) is 17.0 Å². The zero-order valence-electron chi connectivity index (χ0n) is 18.1. The van der Waals surface area contributed by atoms with E-state index < -0.39 is 11.9 Å². The van der Waals surface area contributed by atoms with Gasteiger partial charge in [0.25, 0.3) is 0 Å². The monoisotopic (exact) mass is 452 g/mol. The standard InChI is InChI=1S/C26H26ClFN2O2/c1-18-11-13-20(14-12-18)17-30(25(31)16-21-22(27)9-6-10-23(21)28)24(26(32)29-2)15-19-7-4-3-5-8-19/h3-14,24H,15-17H2,1-2H3,(H,29,32)/t24-/m0/s1. The van der Waals surface area contributed by atoms with Gasteiger partial charge < -0.3 is 10.2 Å². The van der Waals surface area contributed by atoms with E-state index in [0.29, 0.717) is 6.42 Å². The molecule has 0 saturated heterocycles. The number of likely N-dealkylation sites (N-methyl/N-ethyl adjacent to an activating group) is 1. The second-order valence-electron chi connectivity index (χ2n) is 7.70. The Kier molecular flexibility index (Phi) is 8.01. The molecule has 3 rings (SSSR count). The van der Waals surface area contributed by atoms with Crippen LogP contribution in [0.4, 0.5) is 4.39 Å². The van der Waals surface area contributed by atoms with Crippen LogP contribution in [-0.2, 0) is 29.0 Å². The summed E-state index contributed by atoms with van der Waals surface area (Å²) in [6.45, 7) is 2.20. The van der Waals surface area contributed by atoms with E-state index >= 15 is 0 Å². The van der Waals surface area contributed by atoms with E-state index in [-0.39, 0.29) is 35.4 Å². The van der Waals surface area contributed by atoms with Crippen molar-refractivity contribution in [1.29, 1.82) is 0 Å². The number of aryl methyl sites for hydroxylation is 1. The fraction of sp³-hybridized carbons (Fsp3) is 0.231. The number of hydrogen-bond acceptors (Lipinski definition) is 2. The molecule has 0 unspecified atom stereocenters. The Labute approximate surface area is 193 Å². The van der Waals surface area contributed by atoms with Crippen LogP contribution in [0.1, 0.15) is 22.3 Å². The van der Waals surface area contributed by atoms with Crippen molar-refractivity contribution in [2.45, 2.75) is 32.4 Å². The van der Waals surface area contributed by atoms with Gasteiger partial charge in [0.2, 0.25) is 11.8 Å². The number of amides is 2. The smallest absolute Gasteiger partial charge is 0.242 e. The Balaban J connectivity index is 1.97. The lowest BCUT2D eigenvalue weighted by Crippen LogP contribution is -2.50. The Morgan fingerprint density at radius 1 is 0.969 bits per heavy atom. The number of carbonyl (C=O) groups excluding carboxylic acids is 2. The average molecular weight is 453 g/mol. The molecular weight excluding hydrogens is 427 g/mol. The minimum atomic E-state index is -0.762. The number of hydrogen-bond donors (Lipinski definition) is 1. The third-order valence-corrected chi connectivity index (χ3v) is 5.73. The largest absolute Gasteiger partial charge is 0.357 e. The van der Waals surface area contributed by atoms with Crippen LogP contribution >= 0.6 is 11.6 Å². The quantitative estimate of drug-likeness (QED) is 0.537. The number of halogens is 2. The highest BCUT2D eigenvalue weighted by atomic mass is 35.5. The minimum absolute atomic E-state index is 0.128. The lowest BCUT2D eigenvalue weighted by molar-refractivity contribution is -0.140. The van der Waals surface area contributed by atoms with Crippen molar-refractivity contribution in [2.75, 3.05) is 7.05 Å². The van der Waals surface area contributed by atoms with Crippen LogP contribution in [0.2, 0.25) is 5.02 Å². The van der Waals surface area contributed by atoms with Gasteiger partial charge in [0.1, 0.15) is 11.9 Å². The van der Waals surface area contributed by atoms with Gasteiger partial charge in [-0.3, -0.25) is 9.59 Å². The van der Waals surface area contributed by atoms with Gasteiger partial charge in [0, 0.05) is 30.6 Å². The zero-order valence-corrected chi connectivity index (χ0v) is 18.9. The van der Waals surface area contributed by atoms with E-state index in [1.807, 2.05) is 61.5 Å². The second-order valence-corrected chi connectivity index (χ2v) is 8.11. The number of nitrogens with one attached hydrogen (secondary N) is 1. The summed E-state index contributed by atoms with van der Waals surface area (Å²) in [6.07, 6.45) is 0.1000. The van der Waals surface area contributed by atoms with E-state index in [1.54, 1.807) is 13.1 Å². The van der Waals surface area contributed by atoms with Crippen molar-refractivity contribution in [1.82, 2.24) is 10.2 Å². The molecule has 0 heterocycles.